The molecule has 0 atom stereocenters. The van der Waals surface area contributed by atoms with Crippen molar-refractivity contribution >= 4 is 0 Å². The van der Waals surface area contributed by atoms with Crippen LogP contribution in [-0.2, 0) is 6.54 Å². The molecule has 3 nitrogen and oxygen atoms in total. The van der Waals surface area contributed by atoms with E-state index in [1.165, 1.54) is 5.56 Å². The van der Waals surface area contributed by atoms with E-state index in [-0.39, 0.29) is 5.69 Å². The van der Waals surface area contributed by atoms with Crippen LogP contribution in [0.2, 0.25) is 0 Å². The van der Waals surface area contributed by atoms with Gasteiger partial charge in [-0.3, -0.25) is 4.57 Å². The molecular formula is C14H16N2O. The molecule has 0 aliphatic rings. The van der Waals surface area contributed by atoms with Crippen LogP contribution >= 0.6 is 0 Å². The van der Waals surface area contributed by atoms with E-state index >= 15 is 0 Å². The summed E-state index contributed by atoms with van der Waals surface area (Å²) in [6.07, 6.45) is 0. The molecule has 0 spiro atoms. The second kappa shape index (κ2) is 4.53. The van der Waals surface area contributed by atoms with Gasteiger partial charge in [-0.2, -0.15) is 4.98 Å². The zero-order valence-electron chi connectivity index (χ0n) is 10.4. The maximum Gasteiger partial charge on any atom is 0.348 e. The molecule has 1 aromatic carbocycles. The van der Waals surface area contributed by atoms with Gasteiger partial charge < -0.3 is 0 Å². The summed E-state index contributed by atoms with van der Waals surface area (Å²) in [7, 11) is 0. The largest absolute Gasteiger partial charge is 0.348 e. The van der Waals surface area contributed by atoms with E-state index < -0.39 is 0 Å². The van der Waals surface area contributed by atoms with Gasteiger partial charge in [0, 0.05) is 11.4 Å². The molecule has 0 fully saturated rings. The van der Waals surface area contributed by atoms with Crippen LogP contribution in [0.5, 0.6) is 0 Å². The molecule has 0 saturated heterocycles. The number of hydrogen-bond donors (Lipinski definition) is 0. The maximum atomic E-state index is 11.8. The van der Waals surface area contributed by atoms with Crippen molar-refractivity contribution in [3.8, 4) is 0 Å². The minimum Gasteiger partial charge on any atom is -0.292 e. The van der Waals surface area contributed by atoms with E-state index in [0.717, 1.165) is 17.0 Å². The first-order chi connectivity index (χ1) is 8.06. The summed E-state index contributed by atoms with van der Waals surface area (Å²) in [5, 5.41) is 0. The number of rotatable bonds is 2. The van der Waals surface area contributed by atoms with Crippen LogP contribution in [-0.4, -0.2) is 9.55 Å². The Labute approximate surface area is 101 Å². The fraction of sp³-hybridized carbons (Fsp3) is 0.286. The van der Waals surface area contributed by atoms with Crippen LogP contribution in [0.25, 0.3) is 0 Å². The van der Waals surface area contributed by atoms with Gasteiger partial charge in [0.1, 0.15) is 0 Å². The zero-order chi connectivity index (χ0) is 12.4. The normalized spacial score (nSPS) is 10.5. The fourth-order valence-electron chi connectivity index (χ4n) is 1.84. The van der Waals surface area contributed by atoms with Crippen molar-refractivity contribution in [3.63, 3.8) is 0 Å². The smallest absolute Gasteiger partial charge is 0.292 e. The highest BCUT2D eigenvalue weighted by atomic mass is 16.1. The van der Waals surface area contributed by atoms with Crippen LogP contribution in [0.3, 0.4) is 0 Å². The average Bonchev–Trinajstić information content (AvgIpc) is 2.26. The Hall–Kier alpha value is -1.90. The maximum absolute atomic E-state index is 11.8. The standard InChI is InChI=1S/C14H16N2O/c1-10-4-6-13(7-5-10)9-16-12(3)8-11(2)15-14(16)17/h4-8H,9H2,1-3H3. The van der Waals surface area contributed by atoms with Crippen molar-refractivity contribution in [2.75, 3.05) is 0 Å². The van der Waals surface area contributed by atoms with Gasteiger partial charge in [0.2, 0.25) is 0 Å². The lowest BCUT2D eigenvalue weighted by molar-refractivity contribution is 0.694. The minimum atomic E-state index is -0.178. The molecule has 1 aromatic heterocycles. The summed E-state index contributed by atoms with van der Waals surface area (Å²) in [6.45, 7) is 6.40. The first-order valence-electron chi connectivity index (χ1n) is 5.67. The Morgan fingerprint density at radius 3 is 2.35 bits per heavy atom. The average molecular weight is 228 g/mol. The predicted molar refractivity (Wildman–Crippen MR) is 68.3 cm³/mol. The second-order valence-electron chi connectivity index (χ2n) is 4.39. The molecule has 17 heavy (non-hydrogen) atoms. The lowest BCUT2D eigenvalue weighted by Gasteiger charge is -2.09. The molecule has 0 radical (unpaired) electrons. The molecule has 0 bridgehead atoms. The van der Waals surface area contributed by atoms with Crippen molar-refractivity contribution in [2.24, 2.45) is 0 Å². The van der Waals surface area contributed by atoms with E-state index in [9.17, 15) is 4.79 Å². The van der Waals surface area contributed by atoms with Gasteiger partial charge in [-0.05, 0) is 32.4 Å². The Morgan fingerprint density at radius 1 is 1.12 bits per heavy atom. The first-order valence-corrected chi connectivity index (χ1v) is 5.67. The third-order valence-corrected chi connectivity index (χ3v) is 2.81. The van der Waals surface area contributed by atoms with Crippen molar-refractivity contribution in [1.29, 1.82) is 0 Å². The van der Waals surface area contributed by atoms with Gasteiger partial charge in [-0.15, -0.1) is 0 Å². The number of aryl methyl sites for hydroxylation is 3. The van der Waals surface area contributed by atoms with E-state index in [4.69, 9.17) is 0 Å². The van der Waals surface area contributed by atoms with Gasteiger partial charge in [0.05, 0.1) is 6.54 Å². The summed E-state index contributed by atoms with van der Waals surface area (Å²) in [5.41, 5.74) is 3.88. The Morgan fingerprint density at radius 2 is 1.76 bits per heavy atom. The highest BCUT2D eigenvalue weighted by Gasteiger charge is 2.03. The van der Waals surface area contributed by atoms with Gasteiger partial charge in [0.25, 0.3) is 0 Å². The molecule has 0 N–H and O–H groups in total. The predicted octanol–water partition coefficient (Wildman–Crippen LogP) is 2.22. The quantitative estimate of drug-likeness (QED) is 0.790. The van der Waals surface area contributed by atoms with E-state index in [1.54, 1.807) is 4.57 Å². The van der Waals surface area contributed by atoms with E-state index in [1.807, 2.05) is 32.0 Å². The Bertz CT molecular complexity index is 582. The van der Waals surface area contributed by atoms with Crippen molar-refractivity contribution in [3.05, 3.63) is 63.3 Å². The Balaban J connectivity index is 2.36. The number of aromatic nitrogens is 2. The molecule has 2 rings (SSSR count). The molecule has 0 aliphatic carbocycles. The van der Waals surface area contributed by atoms with Crippen molar-refractivity contribution in [1.82, 2.24) is 9.55 Å². The third-order valence-electron chi connectivity index (χ3n) is 2.81. The summed E-state index contributed by atoms with van der Waals surface area (Å²) in [6, 6.07) is 10.1. The number of benzene rings is 1. The highest BCUT2D eigenvalue weighted by Crippen LogP contribution is 2.06. The number of hydrogen-bond acceptors (Lipinski definition) is 2. The number of nitrogens with zero attached hydrogens (tertiary/aromatic N) is 2. The van der Waals surface area contributed by atoms with Crippen LogP contribution in [0, 0.1) is 20.8 Å². The topological polar surface area (TPSA) is 34.9 Å². The first kappa shape index (κ1) is 11.6. The van der Waals surface area contributed by atoms with Gasteiger partial charge in [-0.25, -0.2) is 4.79 Å². The highest BCUT2D eigenvalue weighted by molar-refractivity contribution is 5.22. The van der Waals surface area contributed by atoms with Crippen molar-refractivity contribution in [2.45, 2.75) is 27.3 Å². The summed E-state index contributed by atoms with van der Waals surface area (Å²) >= 11 is 0. The van der Waals surface area contributed by atoms with Crippen molar-refractivity contribution < 1.29 is 0 Å². The van der Waals surface area contributed by atoms with Gasteiger partial charge in [0.15, 0.2) is 0 Å². The third kappa shape index (κ3) is 2.61. The zero-order valence-corrected chi connectivity index (χ0v) is 10.4. The van der Waals surface area contributed by atoms with Crippen LogP contribution < -0.4 is 5.69 Å². The van der Waals surface area contributed by atoms with Crippen LogP contribution in [0.15, 0.2) is 35.1 Å². The summed E-state index contributed by atoms with van der Waals surface area (Å²) in [4.78, 5) is 15.7. The second-order valence-corrected chi connectivity index (χ2v) is 4.39. The molecular weight excluding hydrogens is 212 g/mol. The van der Waals surface area contributed by atoms with E-state index in [2.05, 4.69) is 24.0 Å². The summed E-state index contributed by atoms with van der Waals surface area (Å²) < 4.78 is 1.69. The molecule has 0 aliphatic heterocycles. The Kier molecular flexibility index (Phi) is 3.09. The SMILES string of the molecule is Cc1ccc(Cn2c(C)cc(C)nc2=O)cc1. The van der Waals surface area contributed by atoms with Crippen LogP contribution in [0.1, 0.15) is 22.5 Å². The molecule has 0 saturated carbocycles. The molecule has 88 valence electrons. The molecule has 1 heterocycles. The molecule has 0 unspecified atom stereocenters. The van der Waals surface area contributed by atoms with Crippen LogP contribution in [0.4, 0.5) is 0 Å². The molecule has 0 amide bonds. The lowest BCUT2D eigenvalue weighted by atomic mass is 10.1. The van der Waals surface area contributed by atoms with Gasteiger partial charge in [-0.1, -0.05) is 29.8 Å². The lowest BCUT2D eigenvalue weighted by Crippen LogP contribution is -2.26. The monoisotopic (exact) mass is 228 g/mol. The summed E-state index contributed by atoms with van der Waals surface area (Å²) in [5.74, 6) is 0. The fourth-order valence-corrected chi connectivity index (χ4v) is 1.84. The van der Waals surface area contributed by atoms with Gasteiger partial charge >= 0.3 is 5.69 Å². The van der Waals surface area contributed by atoms with E-state index in [0.29, 0.717) is 6.54 Å². The minimum absolute atomic E-state index is 0.178. The molecule has 3 heteroatoms. The molecule has 2 aromatic rings.